The maximum Gasteiger partial charge on any atom is 0.339 e. The van der Waals surface area contributed by atoms with Gasteiger partial charge in [0.25, 0.3) is 0 Å². The fourth-order valence-electron chi connectivity index (χ4n) is 3.26. The SMILES string of the molecule is COC(=O)c1ccc(-c2cnc(C(O)CCc3ccc(-c4ccccc4)cc3)o2)nc1. The molecule has 0 bridgehead atoms. The highest BCUT2D eigenvalue weighted by Gasteiger charge is 2.16. The summed E-state index contributed by atoms with van der Waals surface area (Å²) in [4.78, 5) is 19.9. The standard InChI is InChI=1S/C25H22N2O4/c1-30-25(29)20-12-13-21(26-15-20)23-16-27-24(31-23)22(28)14-9-17-7-10-19(11-8-17)18-5-3-2-4-6-18/h2-8,10-13,15-16,22,28H,9,14H2,1H3. The van der Waals surface area contributed by atoms with Crippen molar-refractivity contribution in [3.8, 4) is 22.6 Å². The van der Waals surface area contributed by atoms with Crippen LogP contribution in [0.2, 0.25) is 0 Å². The number of carbonyl (C=O) groups excluding carboxylic acids is 1. The zero-order chi connectivity index (χ0) is 21.6. The van der Waals surface area contributed by atoms with Crippen LogP contribution in [0.15, 0.2) is 83.5 Å². The van der Waals surface area contributed by atoms with Gasteiger partial charge in [-0.05, 0) is 41.7 Å². The number of carbonyl (C=O) groups is 1. The van der Waals surface area contributed by atoms with Gasteiger partial charge in [0.15, 0.2) is 5.76 Å². The number of hydrogen-bond donors (Lipinski definition) is 1. The number of aliphatic hydroxyl groups is 1. The second-order valence-corrected chi connectivity index (χ2v) is 7.10. The summed E-state index contributed by atoms with van der Waals surface area (Å²) in [6.07, 6.45) is 3.29. The number of pyridine rings is 1. The predicted molar refractivity (Wildman–Crippen MR) is 116 cm³/mol. The van der Waals surface area contributed by atoms with Gasteiger partial charge in [0.05, 0.1) is 18.9 Å². The number of aliphatic hydroxyl groups excluding tert-OH is 1. The van der Waals surface area contributed by atoms with Gasteiger partial charge in [-0.3, -0.25) is 4.98 Å². The highest BCUT2D eigenvalue weighted by Crippen LogP contribution is 2.25. The molecule has 4 aromatic rings. The van der Waals surface area contributed by atoms with Crippen molar-refractivity contribution in [3.63, 3.8) is 0 Å². The van der Waals surface area contributed by atoms with Crippen LogP contribution in [0.4, 0.5) is 0 Å². The van der Waals surface area contributed by atoms with E-state index < -0.39 is 12.1 Å². The first-order chi connectivity index (χ1) is 15.1. The number of nitrogens with zero attached hydrogens (tertiary/aromatic N) is 2. The van der Waals surface area contributed by atoms with Crippen molar-refractivity contribution in [1.82, 2.24) is 9.97 Å². The molecule has 156 valence electrons. The molecule has 0 fully saturated rings. The van der Waals surface area contributed by atoms with E-state index in [1.54, 1.807) is 12.1 Å². The summed E-state index contributed by atoms with van der Waals surface area (Å²) in [5.74, 6) is 0.219. The van der Waals surface area contributed by atoms with Gasteiger partial charge in [0.1, 0.15) is 11.8 Å². The lowest BCUT2D eigenvalue weighted by molar-refractivity contribution is 0.0600. The monoisotopic (exact) mass is 414 g/mol. The quantitative estimate of drug-likeness (QED) is 0.435. The maximum atomic E-state index is 11.5. The molecule has 0 spiro atoms. The van der Waals surface area contributed by atoms with Crippen molar-refractivity contribution >= 4 is 5.97 Å². The Morgan fingerprint density at radius 1 is 0.968 bits per heavy atom. The number of esters is 1. The lowest BCUT2D eigenvalue weighted by Gasteiger charge is -2.08. The molecular weight excluding hydrogens is 392 g/mol. The Balaban J connectivity index is 1.37. The lowest BCUT2D eigenvalue weighted by atomic mass is 10.0. The lowest BCUT2D eigenvalue weighted by Crippen LogP contribution is -2.01. The van der Waals surface area contributed by atoms with E-state index in [0.717, 1.165) is 11.1 Å². The molecule has 1 unspecified atom stereocenters. The number of rotatable bonds is 7. The van der Waals surface area contributed by atoms with Crippen LogP contribution >= 0.6 is 0 Å². The Morgan fingerprint density at radius 2 is 1.71 bits per heavy atom. The highest BCUT2D eigenvalue weighted by atomic mass is 16.5. The minimum absolute atomic E-state index is 0.245. The molecule has 0 saturated heterocycles. The molecule has 0 radical (unpaired) electrons. The van der Waals surface area contributed by atoms with Crippen LogP contribution in [-0.2, 0) is 11.2 Å². The van der Waals surface area contributed by atoms with Crippen LogP contribution in [0, 0.1) is 0 Å². The first-order valence-electron chi connectivity index (χ1n) is 9.97. The van der Waals surface area contributed by atoms with Crippen molar-refractivity contribution < 1.29 is 19.1 Å². The number of methoxy groups -OCH3 is 1. The summed E-state index contributed by atoms with van der Waals surface area (Å²) < 4.78 is 10.3. The molecule has 0 amide bonds. The van der Waals surface area contributed by atoms with Gasteiger partial charge in [0.2, 0.25) is 5.89 Å². The molecule has 1 atom stereocenters. The number of aromatic nitrogens is 2. The third kappa shape index (κ3) is 4.87. The van der Waals surface area contributed by atoms with Gasteiger partial charge in [0, 0.05) is 6.20 Å². The number of aryl methyl sites for hydroxylation is 1. The number of hydrogen-bond acceptors (Lipinski definition) is 6. The molecule has 6 heteroatoms. The van der Waals surface area contributed by atoms with Gasteiger partial charge in [-0.1, -0.05) is 54.6 Å². The molecule has 4 rings (SSSR count). The fourth-order valence-corrected chi connectivity index (χ4v) is 3.26. The average molecular weight is 414 g/mol. The van der Waals surface area contributed by atoms with Crippen LogP contribution in [0.5, 0.6) is 0 Å². The van der Waals surface area contributed by atoms with E-state index in [9.17, 15) is 9.90 Å². The summed E-state index contributed by atoms with van der Waals surface area (Å²) in [7, 11) is 1.32. The number of benzene rings is 2. The topological polar surface area (TPSA) is 85.5 Å². The zero-order valence-corrected chi connectivity index (χ0v) is 17.1. The van der Waals surface area contributed by atoms with Crippen molar-refractivity contribution in [2.24, 2.45) is 0 Å². The normalized spacial score (nSPS) is 11.8. The van der Waals surface area contributed by atoms with Gasteiger partial charge in [-0.25, -0.2) is 9.78 Å². The molecule has 0 aliphatic heterocycles. The molecule has 0 aliphatic rings. The molecule has 0 aliphatic carbocycles. The van der Waals surface area contributed by atoms with Crippen LogP contribution in [0.25, 0.3) is 22.6 Å². The minimum Gasteiger partial charge on any atom is -0.465 e. The molecule has 2 heterocycles. The van der Waals surface area contributed by atoms with Gasteiger partial charge >= 0.3 is 5.97 Å². The second kappa shape index (κ2) is 9.36. The third-order valence-corrected chi connectivity index (χ3v) is 5.01. The first-order valence-corrected chi connectivity index (χ1v) is 9.97. The van der Waals surface area contributed by atoms with Crippen molar-refractivity contribution in [3.05, 3.63) is 96.1 Å². The van der Waals surface area contributed by atoms with Gasteiger partial charge < -0.3 is 14.3 Å². The van der Waals surface area contributed by atoms with Crippen LogP contribution < -0.4 is 0 Å². The Hall–Kier alpha value is -3.77. The highest BCUT2D eigenvalue weighted by molar-refractivity contribution is 5.89. The Bertz CT molecular complexity index is 1140. The summed E-state index contributed by atoms with van der Waals surface area (Å²) in [6.45, 7) is 0. The largest absolute Gasteiger partial charge is 0.465 e. The van der Waals surface area contributed by atoms with E-state index in [1.807, 2.05) is 18.2 Å². The second-order valence-electron chi connectivity index (χ2n) is 7.10. The predicted octanol–water partition coefficient (Wildman–Crippen LogP) is 4.86. The average Bonchev–Trinajstić information content (AvgIpc) is 3.33. The van der Waals surface area contributed by atoms with E-state index in [2.05, 4.69) is 51.1 Å². The molecule has 2 aromatic carbocycles. The Labute approximate surface area is 180 Å². The van der Waals surface area contributed by atoms with Crippen LogP contribution in [0.3, 0.4) is 0 Å². The van der Waals surface area contributed by atoms with E-state index >= 15 is 0 Å². The van der Waals surface area contributed by atoms with E-state index in [0.29, 0.717) is 29.9 Å². The van der Waals surface area contributed by atoms with E-state index in [1.165, 1.54) is 25.1 Å². The number of oxazole rings is 1. The summed E-state index contributed by atoms with van der Waals surface area (Å²) in [6, 6.07) is 21.8. The summed E-state index contributed by atoms with van der Waals surface area (Å²) >= 11 is 0. The number of ether oxygens (including phenoxy) is 1. The van der Waals surface area contributed by atoms with Crippen LogP contribution in [-0.4, -0.2) is 28.2 Å². The molecule has 2 aromatic heterocycles. The summed E-state index contributed by atoms with van der Waals surface area (Å²) in [5.41, 5.74) is 4.34. The van der Waals surface area contributed by atoms with Gasteiger partial charge in [-0.15, -0.1) is 0 Å². The Morgan fingerprint density at radius 3 is 2.39 bits per heavy atom. The molecular formula is C25H22N2O4. The first kappa shape index (κ1) is 20.5. The summed E-state index contributed by atoms with van der Waals surface area (Å²) in [5, 5.41) is 10.5. The van der Waals surface area contributed by atoms with Gasteiger partial charge in [-0.2, -0.15) is 0 Å². The zero-order valence-electron chi connectivity index (χ0n) is 17.1. The van der Waals surface area contributed by atoms with Crippen molar-refractivity contribution in [1.29, 1.82) is 0 Å². The molecule has 1 N–H and O–H groups in total. The smallest absolute Gasteiger partial charge is 0.339 e. The van der Waals surface area contributed by atoms with E-state index in [-0.39, 0.29) is 5.89 Å². The maximum absolute atomic E-state index is 11.5. The third-order valence-electron chi connectivity index (χ3n) is 5.01. The molecule has 6 nitrogen and oxygen atoms in total. The fraction of sp³-hybridized carbons (Fsp3) is 0.160. The Kier molecular flexibility index (Phi) is 6.19. The van der Waals surface area contributed by atoms with E-state index in [4.69, 9.17) is 4.42 Å². The molecule has 0 saturated carbocycles. The minimum atomic E-state index is -0.822. The van der Waals surface area contributed by atoms with Crippen LogP contribution in [0.1, 0.15) is 34.3 Å². The van der Waals surface area contributed by atoms with Crippen molar-refractivity contribution in [2.45, 2.75) is 18.9 Å². The van der Waals surface area contributed by atoms with Crippen molar-refractivity contribution in [2.75, 3.05) is 7.11 Å². The molecule has 31 heavy (non-hydrogen) atoms.